The van der Waals surface area contributed by atoms with Gasteiger partial charge in [-0.1, -0.05) is 13.0 Å². The minimum absolute atomic E-state index is 0.00647. The summed E-state index contributed by atoms with van der Waals surface area (Å²) in [5.74, 6) is 2.29. The van der Waals surface area contributed by atoms with Crippen molar-refractivity contribution in [3.63, 3.8) is 0 Å². The first-order valence-corrected chi connectivity index (χ1v) is 13.8. The molecule has 1 aliphatic carbocycles. The van der Waals surface area contributed by atoms with Crippen molar-refractivity contribution in [2.45, 2.75) is 64.1 Å². The zero-order valence-corrected chi connectivity index (χ0v) is 21.8. The van der Waals surface area contributed by atoms with Gasteiger partial charge in [0.2, 0.25) is 0 Å². The van der Waals surface area contributed by atoms with E-state index in [1.165, 1.54) is 12.0 Å². The number of aromatic nitrogens is 1. The molecule has 6 rings (SSSR count). The molecule has 2 N–H and O–H groups in total. The van der Waals surface area contributed by atoms with E-state index in [4.69, 9.17) is 9.72 Å². The first-order valence-electron chi connectivity index (χ1n) is 13.8. The summed E-state index contributed by atoms with van der Waals surface area (Å²) >= 11 is 0. The zero-order chi connectivity index (χ0) is 25.5. The largest absolute Gasteiger partial charge is 0.493 e. The van der Waals surface area contributed by atoms with Crippen LogP contribution in [0.2, 0.25) is 0 Å². The van der Waals surface area contributed by atoms with Crippen LogP contribution < -0.4 is 20.3 Å². The zero-order valence-electron chi connectivity index (χ0n) is 21.8. The van der Waals surface area contributed by atoms with Gasteiger partial charge >= 0.3 is 0 Å². The van der Waals surface area contributed by atoms with Crippen LogP contribution in [0.4, 0.5) is 5.82 Å². The Morgan fingerprint density at radius 3 is 2.70 bits per heavy atom. The van der Waals surface area contributed by atoms with Crippen molar-refractivity contribution in [3.05, 3.63) is 52.7 Å². The molecule has 2 aromatic rings. The number of ether oxygens (including phenoxy) is 1. The van der Waals surface area contributed by atoms with Crippen LogP contribution in [0.25, 0.3) is 0 Å². The molecular weight excluding hydrogens is 466 g/mol. The lowest BCUT2D eigenvalue weighted by Crippen LogP contribution is -2.58. The number of pyridine rings is 1. The lowest BCUT2D eigenvalue weighted by atomic mass is 9.92. The molecule has 8 nitrogen and oxygen atoms in total. The number of benzene rings is 1. The smallest absolute Gasteiger partial charge is 0.253 e. The van der Waals surface area contributed by atoms with Gasteiger partial charge in [0.15, 0.2) is 0 Å². The molecule has 37 heavy (non-hydrogen) atoms. The average molecular weight is 504 g/mol. The summed E-state index contributed by atoms with van der Waals surface area (Å²) < 4.78 is 5.77. The number of rotatable bonds is 6. The summed E-state index contributed by atoms with van der Waals surface area (Å²) in [6.07, 6.45) is 6.81. The predicted molar refractivity (Wildman–Crippen MR) is 142 cm³/mol. The van der Waals surface area contributed by atoms with Gasteiger partial charge in [-0.2, -0.15) is 0 Å². The quantitative estimate of drug-likeness (QED) is 0.631. The van der Waals surface area contributed by atoms with Crippen LogP contribution in [0.3, 0.4) is 0 Å². The third-order valence-corrected chi connectivity index (χ3v) is 8.76. The standard InChI is InChI=1S/C29H37N5O3/c1-3-33-16-23(17-33)32-28(35)21-7-9-26(30-15-21)34-11-4-5-20-13-22(14-25(20)34)31-29(36)24-8-6-19-10-12-37-27(19)18(24)2/h6-9,15,20,22-23,25H,3-5,10-14,16-17H2,1-2H3,(H,31,36)(H,32,35). The Bertz CT molecular complexity index is 1180. The number of anilines is 1. The second kappa shape index (κ2) is 9.97. The maximum atomic E-state index is 13.2. The average Bonchev–Trinajstić information content (AvgIpc) is 3.53. The van der Waals surface area contributed by atoms with Gasteiger partial charge in [-0.3, -0.25) is 14.5 Å². The molecule has 2 saturated heterocycles. The van der Waals surface area contributed by atoms with Gasteiger partial charge in [0.05, 0.1) is 18.2 Å². The Hall–Kier alpha value is -3.13. The highest BCUT2D eigenvalue weighted by Crippen LogP contribution is 2.39. The van der Waals surface area contributed by atoms with Crippen LogP contribution in [0.1, 0.15) is 64.4 Å². The van der Waals surface area contributed by atoms with Gasteiger partial charge in [-0.25, -0.2) is 4.98 Å². The fourth-order valence-electron chi connectivity index (χ4n) is 6.68. The van der Waals surface area contributed by atoms with Crippen molar-refractivity contribution in [2.24, 2.45) is 5.92 Å². The Morgan fingerprint density at radius 1 is 1.08 bits per heavy atom. The second-order valence-corrected chi connectivity index (χ2v) is 11.1. The summed E-state index contributed by atoms with van der Waals surface area (Å²) in [6, 6.07) is 8.58. The van der Waals surface area contributed by atoms with Crippen molar-refractivity contribution in [2.75, 3.05) is 37.7 Å². The van der Waals surface area contributed by atoms with Gasteiger partial charge in [0.1, 0.15) is 11.6 Å². The lowest BCUT2D eigenvalue weighted by molar-refractivity contribution is 0.0824. The molecule has 3 unspecified atom stereocenters. The van der Waals surface area contributed by atoms with Crippen molar-refractivity contribution in [1.82, 2.24) is 20.5 Å². The van der Waals surface area contributed by atoms with E-state index in [2.05, 4.69) is 27.4 Å². The van der Waals surface area contributed by atoms with Crippen molar-refractivity contribution in [1.29, 1.82) is 0 Å². The third-order valence-electron chi connectivity index (χ3n) is 8.76. The minimum Gasteiger partial charge on any atom is -0.493 e. The maximum absolute atomic E-state index is 13.2. The van der Waals surface area contributed by atoms with Crippen LogP contribution in [-0.4, -0.2) is 72.6 Å². The molecule has 4 aliphatic rings. The van der Waals surface area contributed by atoms with Crippen LogP contribution in [0.5, 0.6) is 5.75 Å². The highest BCUT2D eigenvalue weighted by molar-refractivity contribution is 5.97. The third kappa shape index (κ3) is 4.67. The fourth-order valence-corrected chi connectivity index (χ4v) is 6.68. The van der Waals surface area contributed by atoms with Gasteiger partial charge in [0.25, 0.3) is 11.8 Å². The van der Waals surface area contributed by atoms with Gasteiger partial charge in [-0.15, -0.1) is 0 Å². The molecule has 3 atom stereocenters. The van der Waals surface area contributed by atoms with E-state index in [1.54, 1.807) is 6.20 Å². The molecule has 0 radical (unpaired) electrons. The summed E-state index contributed by atoms with van der Waals surface area (Å²) in [4.78, 5) is 35.2. The Kier molecular flexibility index (Phi) is 6.53. The molecule has 1 saturated carbocycles. The SMILES string of the molecule is CCN1CC(NC(=O)c2ccc(N3CCCC4CC(NC(=O)c5ccc6c(c5C)OCC6)CC43)nc2)C1. The highest BCUT2D eigenvalue weighted by Gasteiger charge is 2.41. The molecule has 3 fully saturated rings. The summed E-state index contributed by atoms with van der Waals surface area (Å²) in [5, 5.41) is 6.42. The van der Waals surface area contributed by atoms with Gasteiger partial charge in [-0.05, 0) is 68.8 Å². The fraction of sp³-hybridized carbons (Fsp3) is 0.552. The van der Waals surface area contributed by atoms with E-state index in [1.807, 2.05) is 31.2 Å². The monoisotopic (exact) mass is 503 g/mol. The van der Waals surface area contributed by atoms with Crippen molar-refractivity contribution >= 4 is 17.6 Å². The minimum atomic E-state index is -0.0489. The molecule has 4 heterocycles. The van der Waals surface area contributed by atoms with Crippen LogP contribution in [0.15, 0.2) is 30.5 Å². The molecule has 0 bridgehead atoms. The summed E-state index contributed by atoms with van der Waals surface area (Å²) in [6.45, 7) is 8.63. The normalized spacial score (nSPS) is 25.1. The van der Waals surface area contributed by atoms with Gasteiger partial charge < -0.3 is 20.3 Å². The van der Waals surface area contributed by atoms with E-state index < -0.39 is 0 Å². The number of fused-ring (bicyclic) bond motifs is 2. The number of likely N-dealkylation sites (N-methyl/N-ethyl adjacent to an activating group) is 1. The molecule has 0 spiro atoms. The number of nitrogens with one attached hydrogen (secondary N) is 2. The van der Waals surface area contributed by atoms with Crippen LogP contribution in [0, 0.1) is 12.8 Å². The number of carbonyl (C=O) groups is 2. The van der Waals surface area contributed by atoms with E-state index in [0.29, 0.717) is 29.7 Å². The molecular formula is C29H37N5O3. The molecule has 8 heteroatoms. The topological polar surface area (TPSA) is 86.8 Å². The van der Waals surface area contributed by atoms with Crippen LogP contribution in [-0.2, 0) is 6.42 Å². The first kappa shape index (κ1) is 24.2. The van der Waals surface area contributed by atoms with Crippen molar-refractivity contribution in [3.8, 4) is 5.75 Å². The Morgan fingerprint density at radius 2 is 1.92 bits per heavy atom. The molecule has 3 aliphatic heterocycles. The maximum Gasteiger partial charge on any atom is 0.253 e. The molecule has 196 valence electrons. The molecule has 2 amide bonds. The second-order valence-electron chi connectivity index (χ2n) is 11.1. The number of amides is 2. The Balaban J connectivity index is 1.08. The Labute approximate surface area is 218 Å². The predicted octanol–water partition coefficient (Wildman–Crippen LogP) is 2.94. The number of carbonyl (C=O) groups excluding carboxylic acids is 2. The van der Waals surface area contributed by atoms with E-state index >= 15 is 0 Å². The number of nitrogens with zero attached hydrogens (tertiary/aromatic N) is 3. The number of piperidine rings is 1. The van der Waals surface area contributed by atoms with E-state index in [-0.39, 0.29) is 23.9 Å². The number of hydrogen-bond acceptors (Lipinski definition) is 6. The van der Waals surface area contributed by atoms with Gasteiger partial charge in [0, 0.05) is 55.5 Å². The van der Waals surface area contributed by atoms with E-state index in [9.17, 15) is 9.59 Å². The highest BCUT2D eigenvalue weighted by atomic mass is 16.5. The number of hydrogen-bond donors (Lipinski definition) is 2. The van der Waals surface area contributed by atoms with Crippen molar-refractivity contribution < 1.29 is 14.3 Å². The first-order chi connectivity index (χ1) is 18.0. The van der Waals surface area contributed by atoms with Crippen LogP contribution >= 0.6 is 0 Å². The van der Waals surface area contributed by atoms with E-state index in [0.717, 1.165) is 69.0 Å². The summed E-state index contributed by atoms with van der Waals surface area (Å²) in [7, 11) is 0. The number of likely N-dealkylation sites (tertiary alicyclic amines) is 1. The lowest BCUT2D eigenvalue weighted by Gasteiger charge is -2.39. The molecule has 1 aromatic heterocycles. The summed E-state index contributed by atoms with van der Waals surface area (Å²) in [5.41, 5.74) is 3.46. The molecule has 1 aromatic carbocycles.